The molecule has 0 unspecified atom stereocenters. The fourth-order valence-corrected chi connectivity index (χ4v) is 3.24. The molecule has 0 atom stereocenters. The summed E-state index contributed by atoms with van der Waals surface area (Å²) in [4.78, 5) is 30.2. The molecule has 0 saturated heterocycles. The Morgan fingerprint density at radius 1 is 1.22 bits per heavy atom. The van der Waals surface area contributed by atoms with Crippen LogP contribution >= 0.6 is 0 Å². The minimum atomic E-state index is -0.402. The van der Waals surface area contributed by atoms with Crippen LogP contribution in [0.1, 0.15) is 36.4 Å². The second-order valence-electron chi connectivity index (χ2n) is 7.11. The van der Waals surface area contributed by atoms with Gasteiger partial charge in [0, 0.05) is 36.1 Å². The van der Waals surface area contributed by atoms with Crippen LogP contribution < -0.4 is 15.5 Å². The molecular formula is C21H26N4O2. The van der Waals surface area contributed by atoms with E-state index in [9.17, 15) is 9.59 Å². The molecule has 0 fully saturated rings. The second-order valence-corrected chi connectivity index (χ2v) is 7.11. The Balaban J connectivity index is 1.86. The van der Waals surface area contributed by atoms with Crippen LogP contribution in [0.2, 0.25) is 0 Å². The number of carbonyl (C=O) groups excluding carboxylic acids is 2. The van der Waals surface area contributed by atoms with E-state index < -0.39 is 6.03 Å². The third kappa shape index (κ3) is 3.95. The number of urea groups is 1. The van der Waals surface area contributed by atoms with Crippen LogP contribution in [0.15, 0.2) is 30.3 Å². The summed E-state index contributed by atoms with van der Waals surface area (Å²) in [6.45, 7) is 9.17. The van der Waals surface area contributed by atoms with Gasteiger partial charge in [0.05, 0.1) is 11.3 Å². The topological polar surface area (TPSA) is 77.2 Å². The third-order valence-corrected chi connectivity index (χ3v) is 4.50. The van der Waals surface area contributed by atoms with Gasteiger partial charge in [0.2, 0.25) is 0 Å². The number of hydrogen-bond acceptors (Lipinski definition) is 3. The van der Waals surface area contributed by atoms with E-state index in [1.165, 1.54) is 4.90 Å². The smallest absolute Gasteiger partial charge is 0.329 e. The Morgan fingerprint density at radius 3 is 2.63 bits per heavy atom. The molecule has 27 heavy (non-hydrogen) atoms. The van der Waals surface area contributed by atoms with E-state index in [4.69, 9.17) is 0 Å². The van der Waals surface area contributed by atoms with Crippen molar-refractivity contribution in [2.75, 3.05) is 18.0 Å². The fraction of sp³-hybridized carbons (Fsp3) is 0.333. The Hall–Kier alpha value is -2.86. The summed E-state index contributed by atoms with van der Waals surface area (Å²) in [6, 6.07) is 9.36. The number of carbonyl (C=O) groups is 2. The van der Waals surface area contributed by atoms with E-state index in [2.05, 4.69) is 15.6 Å². The summed E-state index contributed by atoms with van der Waals surface area (Å²) in [6.07, 6.45) is 1.83. The van der Waals surface area contributed by atoms with Gasteiger partial charge in [0.15, 0.2) is 0 Å². The molecule has 1 aromatic carbocycles. The Bertz CT molecular complexity index is 895. The molecule has 0 aliphatic carbocycles. The van der Waals surface area contributed by atoms with Gasteiger partial charge in [-0.2, -0.15) is 0 Å². The number of rotatable bonds is 5. The Morgan fingerprint density at radius 2 is 1.96 bits per heavy atom. The van der Waals surface area contributed by atoms with Gasteiger partial charge in [-0.25, -0.2) is 9.69 Å². The molecule has 2 heterocycles. The lowest BCUT2D eigenvalue weighted by Gasteiger charge is -2.16. The molecule has 1 aliphatic heterocycles. The predicted octanol–water partition coefficient (Wildman–Crippen LogP) is 3.23. The number of imide groups is 1. The highest BCUT2D eigenvalue weighted by molar-refractivity contribution is 6.41. The number of fused-ring (bicyclic) bond motifs is 1. The van der Waals surface area contributed by atoms with Crippen molar-refractivity contribution < 1.29 is 9.59 Å². The Kier molecular flexibility index (Phi) is 5.46. The molecule has 6 nitrogen and oxygen atoms in total. The lowest BCUT2D eigenvalue weighted by molar-refractivity contribution is -0.112. The number of H-pyrrole nitrogens is 1. The van der Waals surface area contributed by atoms with Crippen molar-refractivity contribution in [3.05, 3.63) is 52.8 Å². The van der Waals surface area contributed by atoms with Crippen LogP contribution in [0.3, 0.4) is 0 Å². The predicted molar refractivity (Wildman–Crippen MR) is 109 cm³/mol. The van der Waals surface area contributed by atoms with Gasteiger partial charge in [0.25, 0.3) is 5.91 Å². The molecule has 0 spiro atoms. The van der Waals surface area contributed by atoms with Crippen LogP contribution in [0.5, 0.6) is 0 Å². The first kappa shape index (κ1) is 18.9. The van der Waals surface area contributed by atoms with Crippen LogP contribution in [0.4, 0.5) is 10.5 Å². The standard InChI is InChI=1S/C21H26N4O2/c1-13(2)22-9-10-23-21(27)25-19-8-6-5-7-16(19)17(20(25)26)12-18-14(3)11-15(4)24-18/h5-8,11-13,22,24H,9-10H2,1-4H3,(H,23,27)/b17-12-. The van der Waals surface area contributed by atoms with E-state index in [1.54, 1.807) is 6.07 Å². The molecule has 0 bridgehead atoms. The van der Waals surface area contributed by atoms with E-state index in [0.29, 0.717) is 30.4 Å². The zero-order chi connectivity index (χ0) is 19.6. The average molecular weight is 366 g/mol. The van der Waals surface area contributed by atoms with Gasteiger partial charge in [0.1, 0.15) is 0 Å². The quantitative estimate of drug-likeness (QED) is 0.562. The highest BCUT2D eigenvalue weighted by atomic mass is 16.2. The van der Waals surface area contributed by atoms with Crippen molar-refractivity contribution in [2.24, 2.45) is 0 Å². The van der Waals surface area contributed by atoms with Crippen LogP contribution in [-0.4, -0.2) is 36.1 Å². The van der Waals surface area contributed by atoms with Crippen LogP contribution in [0, 0.1) is 13.8 Å². The number of aromatic amines is 1. The zero-order valence-corrected chi connectivity index (χ0v) is 16.2. The monoisotopic (exact) mass is 366 g/mol. The van der Waals surface area contributed by atoms with E-state index >= 15 is 0 Å². The molecule has 0 radical (unpaired) electrons. The summed E-state index contributed by atoms with van der Waals surface area (Å²) in [5.74, 6) is -0.308. The lowest BCUT2D eigenvalue weighted by atomic mass is 10.1. The molecule has 3 rings (SSSR count). The minimum Gasteiger partial charge on any atom is -0.359 e. The first-order valence-electron chi connectivity index (χ1n) is 9.21. The maximum atomic E-state index is 13.0. The molecule has 1 aliphatic rings. The van der Waals surface area contributed by atoms with Crippen molar-refractivity contribution in [2.45, 2.75) is 33.7 Å². The first-order chi connectivity index (χ1) is 12.9. The van der Waals surface area contributed by atoms with Gasteiger partial charge in [-0.3, -0.25) is 4.79 Å². The SMILES string of the molecule is Cc1cc(C)c(/C=C2\C(=O)N(C(=O)NCCNC(C)C)c3ccccc32)[nH]1. The first-order valence-corrected chi connectivity index (χ1v) is 9.21. The molecule has 0 saturated carbocycles. The van der Waals surface area contributed by atoms with Gasteiger partial charge in [-0.05, 0) is 37.6 Å². The number of para-hydroxylation sites is 1. The number of benzene rings is 1. The third-order valence-electron chi connectivity index (χ3n) is 4.50. The molecule has 3 N–H and O–H groups in total. The largest absolute Gasteiger partial charge is 0.359 e. The van der Waals surface area contributed by atoms with Gasteiger partial charge in [-0.1, -0.05) is 32.0 Å². The lowest BCUT2D eigenvalue weighted by Crippen LogP contribution is -2.44. The molecule has 142 valence electrons. The van der Waals surface area contributed by atoms with Crippen molar-refractivity contribution in [1.82, 2.24) is 15.6 Å². The molecular weight excluding hydrogens is 340 g/mol. The maximum Gasteiger partial charge on any atom is 0.329 e. The zero-order valence-electron chi connectivity index (χ0n) is 16.2. The van der Waals surface area contributed by atoms with Crippen LogP contribution in [-0.2, 0) is 4.79 Å². The number of aromatic nitrogens is 1. The normalized spacial score (nSPS) is 14.9. The summed E-state index contributed by atoms with van der Waals surface area (Å²) in [5.41, 5.74) is 4.88. The van der Waals surface area contributed by atoms with E-state index in [-0.39, 0.29) is 5.91 Å². The van der Waals surface area contributed by atoms with E-state index in [0.717, 1.165) is 22.5 Å². The number of nitrogens with zero attached hydrogens (tertiary/aromatic N) is 1. The number of nitrogens with one attached hydrogen (secondary N) is 3. The molecule has 3 amide bonds. The maximum absolute atomic E-state index is 13.0. The summed E-state index contributed by atoms with van der Waals surface area (Å²) in [5, 5.41) is 6.06. The molecule has 2 aromatic rings. The van der Waals surface area contributed by atoms with Gasteiger partial charge < -0.3 is 15.6 Å². The van der Waals surface area contributed by atoms with Gasteiger partial charge >= 0.3 is 6.03 Å². The number of aryl methyl sites for hydroxylation is 2. The van der Waals surface area contributed by atoms with Crippen molar-refractivity contribution in [3.8, 4) is 0 Å². The number of amides is 3. The molecule has 6 heteroatoms. The Labute approximate surface area is 159 Å². The summed E-state index contributed by atoms with van der Waals surface area (Å²) >= 11 is 0. The minimum absolute atomic E-state index is 0.308. The number of anilines is 1. The fourth-order valence-electron chi connectivity index (χ4n) is 3.24. The molecule has 1 aromatic heterocycles. The summed E-state index contributed by atoms with van der Waals surface area (Å²) < 4.78 is 0. The number of hydrogen-bond donors (Lipinski definition) is 3. The van der Waals surface area contributed by atoms with Crippen molar-refractivity contribution in [3.63, 3.8) is 0 Å². The van der Waals surface area contributed by atoms with Crippen molar-refractivity contribution in [1.29, 1.82) is 0 Å². The summed E-state index contributed by atoms with van der Waals surface area (Å²) in [7, 11) is 0. The van der Waals surface area contributed by atoms with Gasteiger partial charge in [-0.15, -0.1) is 0 Å². The van der Waals surface area contributed by atoms with Crippen LogP contribution in [0.25, 0.3) is 11.6 Å². The second kappa shape index (κ2) is 7.80. The average Bonchev–Trinajstić information content (AvgIpc) is 3.08. The highest BCUT2D eigenvalue weighted by Crippen LogP contribution is 2.37. The highest BCUT2D eigenvalue weighted by Gasteiger charge is 2.36. The van der Waals surface area contributed by atoms with E-state index in [1.807, 2.05) is 58.0 Å². The van der Waals surface area contributed by atoms with Crippen molar-refractivity contribution >= 4 is 29.3 Å².